The number of fused-ring (bicyclic) bond motifs is 4. The first kappa shape index (κ1) is 16.9. The molecule has 2 aromatic heterocycles. The molecule has 2 heterocycles. The van der Waals surface area contributed by atoms with E-state index >= 15 is 0 Å². The molecule has 1 aliphatic rings. The van der Waals surface area contributed by atoms with Gasteiger partial charge in [0, 0.05) is 40.7 Å². The molecule has 28 heavy (non-hydrogen) atoms. The normalized spacial score (nSPS) is 16.3. The van der Waals surface area contributed by atoms with E-state index in [1.165, 1.54) is 10.9 Å². The second kappa shape index (κ2) is 6.44. The summed E-state index contributed by atoms with van der Waals surface area (Å²) < 4.78 is 7.34. The summed E-state index contributed by atoms with van der Waals surface area (Å²) in [5.41, 5.74) is 5.33. The number of aryl methyl sites for hydroxylation is 2. The number of methoxy groups -OCH3 is 1. The van der Waals surface area contributed by atoms with Crippen molar-refractivity contribution in [2.45, 2.75) is 25.3 Å². The summed E-state index contributed by atoms with van der Waals surface area (Å²) in [7, 11) is 3.60. The number of rotatable bonds is 3. The largest absolute Gasteiger partial charge is 0.497 e. The topological polar surface area (TPSA) is 59.0 Å². The van der Waals surface area contributed by atoms with Crippen LogP contribution in [-0.2, 0) is 13.5 Å². The Kier molecular flexibility index (Phi) is 3.90. The molecule has 1 amide bonds. The number of nitrogens with one attached hydrogen (secondary N) is 2. The lowest BCUT2D eigenvalue weighted by Crippen LogP contribution is -2.31. The van der Waals surface area contributed by atoms with Crippen LogP contribution in [0.5, 0.6) is 5.75 Å². The molecule has 0 spiro atoms. The summed E-state index contributed by atoms with van der Waals surface area (Å²) in [6, 6.07) is 14.2. The number of aromatic nitrogens is 2. The first-order valence-corrected chi connectivity index (χ1v) is 9.69. The van der Waals surface area contributed by atoms with Crippen molar-refractivity contribution in [1.29, 1.82) is 0 Å². The fourth-order valence-corrected chi connectivity index (χ4v) is 4.47. The van der Waals surface area contributed by atoms with Crippen molar-refractivity contribution < 1.29 is 9.53 Å². The predicted octanol–water partition coefficient (Wildman–Crippen LogP) is 4.48. The second-order valence-electron chi connectivity index (χ2n) is 7.52. The Hall–Kier alpha value is -3.21. The van der Waals surface area contributed by atoms with E-state index in [1.54, 1.807) is 7.11 Å². The zero-order valence-corrected chi connectivity index (χ0v) is 16.1. The van der Waals surface area contributed by atoms with Crippen LogP contribution in [0.15, 0.2) is 48.7 Å². The maximum absolute atomic E-state index is 13.2. The highest BCUT2D eigenvalue weighted by molar-refractivity contribution is 6.07. The number of hydrogen-bond acceptors (Lipinski definition) is 2. The molecule has 0 fully saturated rings. The van der Waals surface area contributed by atoms with Crippen molar-refractivity contribution in [3.8, 4) is 5.75 Å². The minimum atomic E-state index is -0.0460. The molecule has 4 aromatic rings. The van der Waals surface area contributed by atoms with Gasteiger partial charge in [-0.1, -0.05) is 18.2 Å². The standard InChI is InChI=1S/C23H23N3O2/c1-26-13-18(17-12-14(28-2)10-11-21(17)26)23(27)25-20-9-5-7-16-15-6-3-4-8-19(15)24-22(16)20/h3-4,6,8,10-13,20,24H,5,7,9H2,1-2H3,(H,25,27). The number of para-hydroxylation sites is 1. The van der Waals surface area contributed by atoms with E-state index < -0.39 is 0 Å². The van der Waals surface area contributed by atoms with E-state index in [4.69, 9.17) is 4.74 Å². The summed E-state index contributed by atoms with van der Waals surface area (Å²) in [4.78, 5) is 16.7. The maximum atomic E-state index is 13.2. The number of hydrogen-bond donors (Lipinski definition) is 2. The van der Waals surface area contributed by atoms with E-state index in [1.807, 2.05) is 42.1 Å². The van der Waals surface area contributed by atoms with Gasteiger partial charge in [0.2, 0.25) is 0 Å². The average molecular weight is 373 g/mol. The number of carbonyl (C=O) groups excluding carboxylic acids is 1. The van der Waals surface area contributed by atoms with E-state index in [2.05, 4.69) is 28.5 Å². The van der Waals surface area contributed by atoms with Crippen LogP contribution in [0.2, 0.25) is 0 Å². The highest BCUT2D eigenvalue weighted by Gasteiger charge is 2.26. The summed E-state index contributed by atoms with van der Waals surface area (Å²) in [6.45, 7) is 0. The molecule has 142 valence electrons. The van der Waals surface area contributed by atoms with E-state index in [-0.39, 0.29) is 11.9 Å². The van der Waals surface area contributed by atoms with Gasteiger partial charge in [0.1, 0.15) is 5.75 Å². The summed E-state index contributed by atoms with van der Waals surface area (Å²) in [5.74, 6) is 0.707. The van der Waals surface area contributed by atoms with Gasteiger partial charge in [-0.3, -0.25) is 4.79 Å². The smallest absolute Gasteiger partial charge is 0.253 e. The molecule has 0 saturated carbocycles. The van der Waals surface area contributed by atoms with Crippen LogP contribution < -0.4 is 10.1 Å². The third-order valence-corrected chi connectivity index (χ3v) is 5.86. The zero-order chi connectivity index (χ0) is 19.3. The van der Waals surface area contributed by atoms with Crippen LogP contribution in [0.1, 0.15) is 40.5 Å². The molecule has 0 aliphatic heterocycles. The maximum Gasteiger partial charge on any atom is 0.253 e. The van der Waals surface area contributed by atoms with Crippen molar-refractivity contribution in [3.05, 3.63) is 65.5 Å². The molecule has 1 aliphatic carbocycles. The Labute approximate surface area is 163 Å². The van der Waals surface area contributed by atoms with E-state index in [0.29, 0.717) is 5.56 Å². The Morgan fingerprint density at radius 1 is 1.21 bits per heavy atom. The van der Waals surface area contributed by atoms with Gasteiger partial charge in [-0.05, 0) is 49.1 Å². The van der Waals surface area contributed by atoms with E-state index in [0.717, 1.165) is 47.1 Å². The van der Waals surface area contributed by atoms with Crippen LogP contribution >= 0.6 is 0 Å². The minimum absolute atomic E-state index is 0.00418. The van der Waals surface area contributed by atoms with Crippen molar-refractivity contribution in [2.24, 2.45) is 7.05 Å². The number of carbonyl (C=O) groups is 1. The number of nitrogens with zero attached hydrogens (tertiary/aromatic N) is 1. The van der Waals surface area contributed by atoms with Gasteiger partial charge < -0.3 is 19.6 Å². The van der Waals surface area contributed by atoms with Crippen LogP contribution in [0.3, 0.4) is 0 Å². The highest BCUT2D eigenvalue weighted by Crippen LogP contribution is 2.35. The summed E-state index contributed by atoms with van der Waals surface area (Å²) >= 11 is 0. The first-order valence-electron chi connectivity index (χ1n) is 9.69. The molecule has 2 N–H and O–H groups in total. The Morgan fingerprint density at radius 3 is 2.93 bits per heavy atom. The van der Waals surface area contributed by atoms with Crippen molar-refractivity contribution in [3.63, 3.8) is 0 Å². The monoisotopic (exact) mass is 373 g/mol. The lowest BCUT2D eigenvalue weighted by atomic mass is 9.91. The molecule has 0 saturated heterocycles. The molecule has 0 bridgehead atoms. The third kappa shape index (κ3) is 2.58. The Morgan fingerprint density at radius 2 is 2.07 bits per heavy atom. The molecule has 1 unspecified atom stereocenters. The minimum Gasteiger partial charge on any atom is -0.497 e. The van der Waals surface area contributed by atoms with Crippen molar-refractivity contribution in [1.82, 2.24) is 14.9 Å². The fraction of sp³-hybridized carbons (Fsp3) is 0.261. The highest BCUT2D eigenvalue weighted by atomic mass is 16.5. The molecular formula is C23H23N3O2. The number of benzene rings is 2. The van der Waals surface area contributed by atoms with Gasteiger partial charge >= 0.3 is 0 Å². The number of ether oxygens (including phenoxy) is 1. The number of amides is 1. The Balaban J connectivity index is 1.51. The lowest BCUT2D eigenvalue weighted by Gasteiger charge is -2.23. The van der Waals surface area contributed by atoms with Gasteiger partial charge in [0.05, 0.1) is 18.7 Å². The number of aromatic amines is 1. The van der Waals surface area contributed by atoms with Gasteiger partial charge in [-0.15, -0.1) is 0 Å². The third-order valence-electron chi connectivity index (χ3n) is 5.86. The van der Waals surface area contributed by atoms with Gasteiger partial charge in [-0.25, -0.2) is 0 Å². The fourth-order valence-electron chi connectivity index (χ4n) is 4.47. The first-order chi connectivity index (χ1) is 13.7. The van der Waals surface area contributed by atoms with Crippen LogP contribution in [0, 0.1) is 0 Å². The molecule has 5 nitrogen and oxygen atoms in total. The molecule has 1 atom stereocenters. The van der Waals surface area contributed by atoms with Crippen LogP contribution in [0.25, 0.3) is 21.8 Å². The summed E-state index contributed by atoms with van der Waals surface area (Å²) in [5, 5.41) is 5.45. The van der Waals surface area contributed by atoms with Gasteiger partial charge in [0.25, 0.3) is 5.91 Å². The number of H-pyrrole nitrogens is 1. The molecule has 2 aromatic carbocycles. The van der Waals surface area contributed by atoms with E-state index in [9.17, 15) is 4.79 Å². The SMILES string of the molecule is COc1ccc2c(c1)c(C(=O)NC1CCCc3c1[nH]c1ccccc31)cn2C. The molecule has 5 heteroatoms. The molecule has 0 radical (unpaired) electrons. The van der Waals surface area contributed by atoms with Crippen LogP contribution in [0.4, 0.5) is 0 Å². The quantitative estimate of drug-likeness (QED) is 0.556. The lowest BCUT2D eigenvalue weighted by molar-refractivity contribution is 0.0933. The molecule has 5 rings (SSSR count). The predicted molar refractivity (Wildman–Crippen MR) is 111 cm³/mol. The average Bonchev–Trinajstić information content (AvgIpc) is 3.26. The Bertz CT molecular complexity index is 1200. The van der Waals surface area contributed by atoms with Gasteiger partial charge in [0.15, 0.2) is 0 Å². The zero-order valence-electron chi connectivity index (χ0n) is 16.1. The van der Waals surface area contributed by atoms with Crippen molar-refractivity contribution >= 4 is 27.7 Å². The molecular weight excluding hydrogens is 350 g/mol. The summed E-state index contributed by atoms with van der Waals surface area (Å²) in [6.07, 6.45) is 4.97. The van der Waals surface area contributed by atoms with Gasteiger partial charge in [-0.2, -0.15) is 0 Å². The van der Waals surface area contributed by atoms with Crippen LogP contribution in [-0.4, -0.2) is 22.6 Å². The van der Waals surface area contributed by atoms with Crippen molar-refractivity contribution in [2.75, 3.05) is 7.11 Å². The second-order valence-corrected chi connectivity index (χ2v) is 7.52.